The molecule has 0 heterocycles. The summed E-state index contributed by atoms with van der Waals surface area (Å²) >= 11 is 0. The summed E-state index contributed by atoms with van der Waals surface area (Å²) in [4.78, 5) is 22.0. The SMILES string of the molecule is COCCCOc1cccc(/C=C(\NC=O)C(=O)OC)c1. The van der Waals surface area contributed by atoms with E-state index < -0.39 is 5.97 Å². The molecule has 1 N–H and O–H groups in total. The number of hydrogen-bond acceptors (Lipinski definition) is 5. The maximum atomic E-state index is 11.5. The first kappa shape index (κ1) is 16.7. The second-order valence-corrected chi connectivity index (χ2v) is 4.08. The molecule has 0 aromatic heterocycles. The summed E-state index contributed by atoms with van der Waals surface area (Å²) in [5.41, 5.74) is 0.776. The van der Waals surface area contributed by atoms with Crippen LogP contribution in [0.1, 0.15) is 12.0 Å². The first-order valence-electron chi connectivity index (χ1n) is 6.43. The second-order valence-electron chi connectivity index (χ2n) is 4.08. The van der Waals surface area contributed by atoms with Crippen molar-refractivity contribution in [2.75, 3.05) is 27.4 Å². The molecule has 0 saturated carbocycles. The van der Waals surface area contributed by atoms with Crippen LogP contribution >= 0.6 is 0 Å². The van der Waals surface area contributed by atoms with E-state index in [-0.39, 0.29) is 5.70 Å². The van der Waals surface area contributed by atoms with Crippen molar-refractivity contribution in [2.24, 2.45) is 0 Å². The Labute approximate surface area is 123 Å². The topological polar surface area (TPSA) is 73.9 Å². The number of methoxy groups -OCH3 is 2. The van der Waals surface area contributed by atoms with Gasteiger partial charge in [0.2, 0.25) is 6.41 Å². The van der Waals surface area contributed by atoms with Crippen molar-refractivity contribution in [2.45, 2.75) is 6.42 Å². The zero-order valence-electron chi connectivity index (χ0n) is 12.1. The molecular formula is C15H19NO5. The molecule has 6 nitrogen and oxygen atoms in total. The lowest BCUT2D eigenvalue weighted by molar-refractivity contribution is -0.137. The number of carbonyl (C=O) groups excluding carboxylic acids is 2. The molecule has 0 spiro atoms. The molecule has 0 unspecified atom stereocenters. The van der Waals surface area contributed by atoms with Gasteiger partial charge in [0.1, 0.15) is 11.4 Å². The number of rotatable bonds is 9. The monoisotopic (exact) mass is 293 g/mol. The minimum Gasteiger partial charge on any atom is -0.493 e. The Bertz CT molecular complexity index is 499. The van der Waals surface area contributed by atoms with Crippen LogP contribution in [0.5, 0.6) is 5.75 Å². The van der Waals surface area contributed by atoms with Gasteiger partial charge in [0, 0.05) is 20.1 Å². The van der Waals surface area contributed by atoms with E-state index in [1.807, 2.05) is 6.07 Å². The third-order valence-corrected chi connectivity index (χ3v) is 2.55. The van der Waals surface area contributed by atoms with Gasteiger partial charge in [-0.25, -0.2) is 4.79 Å². The highest BCUT2D eigenvalue weighted by molar-refractivity contribution is 5.95. The van der Waals surface area contributed by atoms with Crippen LogP contribution in [0.15, 0.2) is 30.0 Å². The van der Waals surface area contributed by atoms with E-state index in [1.54, 1.807) is 25.3 Å². The van der Waals surface area contributed by atoms with Gasteiger partial charge in [-0.15, -0.1) is 0 Å². The van der Waals surface area contributed by atoms with Gasteiger partial charge in [-0.05, 0) is 23.8 Å². The quantitative estimate of drug-likeness (QED) is 0.322. The Balaban J connectivity index is 2.77. The second kappa shape index (κ2) is 9.55. The average molecular weight is 293 g/mol. The molecule has 1 amide bonds. The van der Waals surface area contributed by atoms with E-state index in [0.717, 1.165) is 6.42 Å². The Morgan fingerprint density at radius 2 is 2.10 bits per heavy atom. The fourth-order valence-corrected chi connectivity index (χ4v) is 1.59. The van der Waals surface area contributed by atoms with Crippen LogP contribution in [0, 0.1) is 0 Å². The molecule has 0 aliphatic rings. The van der Waals surface area contributed by atoms with Crippen molar-refractivity contribution in [3.63, 3.8) is 0 Å². The molecule has 1 rings (SSSR count). The minimum absolute atomic E-state index is 0.0593. The van der Waals surface area contributed by atoms with Crippen molar-refractivity contribution in [1.82, 2.24) is 5.32 Å². The van der Waals surface area contributed by atoms with E-state index in [2.05, 4.69) is 10.1 Å². The van der Waals surface area contributed by atoms with Gasteiger partial charge in [-0.2, -0.15) is 0 Å². The van der Waals surface area contributed by atoms with Crippen LogP contribution in [0.4, 0.5) is 0 Å². The van der Waals surface area contributed by atoms with Gasteiger partial charge >= 0.3 is 5.97 Å². The molecule has 6 heteroatoms. The number of esters is 1. The number of nitrogens with one attached hydrogen (secondary N) is 1. The lowest BCUT2D eigenvalue weighted by atomic mass is 10.2. The van der Waals surface area contributed by atoms with Crippen molar-refractivity contribution in [1.29, 1.82) is 0 Å². The van der Waals surface area contributed by atoms with E-state index in [0.29, 0.717) is 30.9 Å². The normalized spacial score (nSPS) is 10.9. The molecule has 0 fully saturated rings. The van der Waals surface area contributed by atoms with Gasteiger partial charge in [-0.1, -0.05) is 12.1 Å². The molecule has 114 valence electrons. The molecular weight excluding hydrogens is 274 g/mol. The van der Waals surface area contributed by atoms with Gasteiger partial charge in [0.15, 0.2) is 0 Å². The first-order valence-corrected chi connectivity index (χ1v) is 6.43. The smallest absolute Gasteiger partial charge is 0.354 e. The van der Waals surface area contributed by atoms with Gasteiger partial charge in [0.05, 0.1) is 13.7 Å². The predicted octanol–water partition coefficient (Wildman–Crippen LogP) is 1.36. The summed E-state index contributed by atoms with van der Waals surface area (Å²) in [6.07, 6.45) is 2.73. The van der Waals surface area contributed by atoms with Crippen molar-refractivity contribution in [3.05, 3.63) is 35.5 Å². The number of amides is 1. The van der Waals surface area contributed by atoms with Crippen LogP contribution in [0.2, 0.25) is 0 Å². The Hall–Kier alpha value is -2.34. The molecule has 0 saturated heterocycles. The Morgan fingerprint density at radius 1 is 1.29 bits per heavy atom. The van der Waals surface area contributed by atoms with Crippen LogP contribution < -0.4 is 10.1 Å². The minimum atomic E-state index is -0.617. The lowest BCUT2D eigenvalue weighted by Gasteiger charge is -2.07. The van der Waals surface area contributed by atoms with E-state index in [4.69, 9.17) is 9.47 Å². The Kier molecular flexibility index (Phi) is 7.60. The van der Waals surface area contributed by atoms with Crippen LogP contribution in [0.25, 0.3) is 6.08 Å². The largest absolute Gasteiger partial charge is 0.493 e. The maximum absolute atomic E-state index is 11.5. The van der Waals surface area contributed by atoms with Crippen molar-refractivity contribution < 1.29 is 23.8 Å². The highest BCUT2D eigenvalue weighted by atomic mass is 16.5. The standard InChI is InChI=1S/C15H19NO5/c1-19-7-4-8-21-13-6-3-5-12(9-13)10-14(16-11-17)15(18)20-2/h3,5-6,9-11H,4,7-8H2,1-2H3,(H,16,17)/b14-10-. The van der Waals surface area contributed by atoms with Crippen molar-refractivity contribution in [3.8, 4) is 5.75 Å². The molecule has 0 radical (unpaired) electrons. The highest BCUT2D eigenvalue weighted by Crippen LogP contribution is 2.16. The van der Waals surface area contributed by atoms with Crippen LogP contribution in [-0.4, -0.2) is 39.8 Å². The maximum Gasteiger partial charge on any atom is 0.354 e. The fourth-order valence-electron chi connectivity index (χ4n) is 1.59. The van der Waals surface area contributed by atoms with Gasteiger partial charge < -0.3 is 19.5 Å². The molecule has 0 bridgehead atoms. The average Bonchev–Trinajstić information content (AvgIpc) is 2.51. The summed E-state index contributed by atoms with van der Waals surface area (Å²) in [6.45, 7) is 1.17. The number of benzene rings is 1. The summed E-state index contributed by atoms with van der Waals surface area (Å²) in [5.74, 6) is 0.0590. The molecule has 0 aliphatic heterocycles. The third-order valence-electron chi connectivity index (χ3n) is 2.55. The van der Waals surface area contributed by atoms with E-state index >= 15 is 0 Å². The predicted molar refractivity (Wildman–Crippen MR) is 77.6 cm³/mol. The summed E-state index contributed by atoms with van der Waals surface area (Å²) in [5, 5.41) is 2.31. The zero-order chi connectivity index (χ0) is 15.5. The highest BCUT2D eigenvalue weighted by Gasteiger charge is 2.08. The van der Waals surface area contributed by atoms with Gasteiger partial charge in [-0.3, -0.25) is 4.79 Å². The van der Waals surface area contributed by atoms with E-state index in [1.165, 1.54) is 13.2 Å². The summed E-state index contributed by atoms with van der Waals surface area (Å²) in [6, 6.07) is 7.17. The van der Waals surface area contributed by atoms with Crippen LogP contribution in [0.3, 0.4) is 0 Å². The van der Waals surface area contributed by atoms with Crippen LogP contribution in [-0.2, 0) is 19.1 Å². The molecule has 0 aliphatic carbocycles. The molecule has 0 atom stereocenters. The number of hydrogen-bond donors (Lipinski definition) is 1. The molecule has 1 aromatic rings. The summed E-state index contributed by atoms with van der Waals surface area (Å²) < 4.78 is 15.1. The Morgan fingerprint density at radius 3 is 2.76 bits per heavy atom. The summed E-state index contributed by atoms with van der Waals surface area (Å²) in [7, 11) is 2.89. The molecule has 21 heavy (non-hydrogen) atoms. The lowest BCUT2D eigenvalue weighted by Crippen LogP contribution is -2.19. The zero-order valence-corrected chi connectivity index (χ0v) is 12.1. The molecule has 1 aromatic carbocycles. The number of carbonyl (C=O) groups is 2. The van der Waals surface area contributed by atoms with Crippen molar-refractivity contribution >= 4 is 18.5 Å². The third kappa shape index (κ3) is 6.09. The first-order chi connectivity index (χ1) is 10.2. The fraction of sp³-hybridized carbons (Fsp3) is 0.333. The number of ether oxygens (including phenoxy) is 3. The van der Waals surface area contributed by atoms with E-state index in [9.17, 15) is 9.59 Å². The van der Waals surface area contributed by atoms with Gasteiger partial charge in [0.25, 0.3) is 0 Å².